The maximum Gasteiger partial charge on any atom is 0.174 e. The molecule has 0 radical (unpaired) electrons. The maximum atomic E-state index is 5.35. The minimum Gasteiger partial charge on any atom is -0.354 e. The molecule has 0 amide bonds. The number of para-hydroxylation sites is 1. The van der Waals surface area contributed by atoms with Crippen LogP contribution in [0.2, 0.25) is 0 Å². The average molecular weight is 250 g/mol. The van der Waals surface area contributed by atoms with E-state index in [1.807, 2.05) is 48.5 Å². The molecule has 0 spiro atoms. The summed E-state index contributed by atoms with van der Waals surface area (Å²) < 4.78 is 5.35. The number of nitrogens with zero attached hydrogens (tertiary/aromatic N) is 1. The molecule has 3 rings (SSSR count). The first-order valence-electron chi connectivity index (χ1n) is 6.17. The number of benzene rings is 2. The van der Waals surface area contributed by atoms with Crippen molar-refractivity contribution in [2.45, 2.75) is 6.92 Å². The molecule has 0 fully saturated rings. The molecule has 1 heterocycles. The first-order chi connectivity index (χ1) is 9.31. The molecule has 0 aliphatic rings. The number of anilines is 2. The fourth-order valence-corrected chi connectivity index (χ4v) is 1.86. The van der Waals surface area contributed by atoms with Gasteiger partial charge in [0, 0.05) is 17.3 Å². The van der Waals surface area contributed by atoms with Gasteiger partial charge in [-0.1, -0.05) is 53.2 Å². The quantitative estimate of drug-likeness (QED) is 0.749. The van der Waals surface area contributed by atoms with Crippen LogP contribution >= 0.6 is 0 Å². The number of rotatable bonds is 3. The summed E-state index contributed by atoms with van der Waals surface area (Å²) in [5.41, 5.74) is 3.25. The van der Waals surface area contributed by atoms with Gasteiger partial charge in [-0.05, 0) is 19.1 Å². The highest BCUT2D eigenvalue weighted by Crippen LogP contribution is 2.24. The van der Waals surface area contributed by atoms with Gasteiger partial charge in [0.05, 0.1) is 0 Å². The van der Waals surface area contributed by atoms with Crippen molar-refractivity contribution in [3.63, 3.8) is 0 Å². The Morgan fingerprint density at radius 3 is 2.42 bits per heavy atom. The highest BCUT2D eigenvalue weighted by atomic mass is 16.5. The average Bonchev–Trinajstić information content (AvgIpc) is 2.89. The Morgan fingerprint density at radius 2 is 1.68 bits per heavy atom. The lowest BCUT2D eigenvalue weighted by molar-refractivity contribution is 0.435. The van der Waals surface area contributed by atoms with Crippen LogP contribution in [-0.4, -0.2) is 5.16 Å². The van der Waals surface area contributed by atoms with Crippen molar-refractivity contribution in [3.05, 3.63) is 66.2 Å². The van der Waals surface area contributed by atoms with E-state index in [0.717, 1.165) is 17.0 Å². The molecular formula is C16H14N2O. The van der Waals surface area contributed by atoms with Gasteiger partial charge in [0.1, 0.15) is 0 Å². The zero-order valence-corrected chi connectivity index (χ0v) is 10.6. The number of aromatic nitrogens is 1. The van der Waals surface area contributed by atoms with Gasteiger partial charge in [-0.2, -0.15) is 0 Å². The Hall–Kier alpha value is -2.55. The Morgan fingerprint density at radius 1 is 0.947 bits per heavy atom. The molecule has 0 bridgehead atoms. The van der Waals surface area contributed by atoms with E-state index in [2.05, 4.69) is 29.5 Å². The van der Waals surface area contributed by atoms with E-state index in [1.165, 1.54) is 5.56 Å². The van der Waals surface area contributed by atoms with Crippen LogP contribution in [0.25, 0.3) is 11.3 Å². The number of aryl methyl sites for hydroxylation is 1. The molecule has 2 aromatic carbocycles. The highest BCUT2D eigenvalue weighted by Gasteiger charge is 2.06. The summed E-state index contributed by atoms with van der Waals surface area (Å²) in [5.74, 6) is 1.47. The van der Waals surface area contributed by atoms with Crippen LogP contribution in [0.5, 0.6) is 0 Å². The Bertz CT molecular complexity index is 657. The zero-order valence-electron chi connectivity index (χ0n) is 10.6. The topological polar surface area (TPSA) is 38.1 Å². The van der Waals surface area contributed by atoms with Gasteiger partial charge < -0.3 is 9.84 Å². The molecular weight excluding hydrogens is 236 g/mol. The van der Waals surface area contributed by atoms with E-state index in [0.29, 0.717) is 5.82 Å². The maximum absolute atomic E-state index is 5.35. The second kappa shape index (κ2) is 4.98. The smallest absolute Gasteiger partial charge is 0.174 e. The third-order valence-corrected chi connectivity index (χ3v) is 2.89. The minimum atomic E-state index is 0.710. The molecule has 0 saturated heterocycles. The summed E-state index contributed by atoms with van der Waals surface area (Å²) in [6.45, 7) is 2.06. The van der Waals surface area contributed by atoms with Crippen molar-refractivity contribution in [1.82, 2.24) is 5.16 Å². The Kier molecular flexibility index (Phi) is 3.02. The van der Waals surface area contributed by atoms with Crippen LogP contribution in [0, 0.1) is 6.92 Å². The van der Waals surface area contributed by atoms with Crippen LogP contribution in [0.15, 0.2) is 65.2 Å². The Labute approximate surface area is 111 Å². The van der Waals surface area contributed by atoms with Gasteiger partial charge in [-0.25, -0.2) is 0 Å². The molecule has 0 aliphatic heterocycles. The predicted molar refractivity (Wildman–Crippen MR) is 76.4 cm³/mol. The van der Waals surface area contributed by atoms with Crippen molar-refractivity contribution in [2.75, 3.05) is 5.32 Å². The van der Waals surface area contributed by atoms with Crippen molar-refractivity contribution >= 4 is 11.5 Å². The van der Waals surface area contributed by atoms with Crippen molar-refractivity contribution in [2.24, 2.45) is 0 Å². The third kappa shape index (κ3) is 2.65. The van der Waals surface area contributed by atoms with Gasteiger partial charge in [-0.15, -0.1) is 0 Å². The van der Waals surface area contributed by atoms with Crippen LogP contribution in [0.4, 0.5) is 11.5 Å². The van der Waals surface area contributed by atoms with Crippen molar-refractivity contribution in [1.29, 1.82) is 0 Å². The second-order valence-corrected chi connectivity index (χ2v) is 4.43. The third-order valence-electron chi connectivity index (χ3n) is 2.89. The molecule has 94 valence electrons. The SMILES string of the molecule is Cc1ccc(-c2cc(Nc3ccccc3)no2)cc1. The molecule has 3 aromatic rings. The van der Waals surface area contributed by atoms with Crippen LogP contribution in [-0.2, 0) is 0 Å². The van der Waals surface area contributed by atoms with E-state index in [4.69, 9.17) is 4.52 Å². The van der Waals surface area contributed by atoms with Crippen LogP contribution < -0.4 is 5.32 Å². The summed E-state index contributed by atoms with van der Waals surface area (Å²) >= 11 is 0. The lowest BCUT2D eigenvalue weighted by Gasteiger charge is -1.99. The summed E-state index contributed by atoms with van der Waals surface area (Å²) in [6.07, 6.45) is 0. The molecule has 0 atom stereocenters. The molecule has 0 unspecified atom stereocenters. The van der Waals surface area contributed by atoms with Gasteiger partial charge in [-0.3, -0.25) is 0 Å². The van der Waals surface area contributed by atoms with Gasteiger partial charge in [0.25, 0.3) is 0 Å². The van der Waals surface area contributed by atoms with Crippen molar-refractivity contribution < 1.29 is 4.52 Å². The largest absolute Gasteiger partial charge is 0.354 e. The monoisotopic (exact) mass is 250 g/mol. The van der Waals surface area contributed by atoms with Crippen molar-refractivity contribution in [3.8, 4) is 11.3 Å². The molecule has 3 nitrogen and oxygen atoms in total. The predicted octanol–water partition coefficient (Wildman–Crippen LogP) is 4.39. The molecule has 0 aliphatic carbocycles. The number of hydrogen-bond donors (Lipinski definition) is 1. The lowest BCUT2D eigenvalue weighted by atomic mass is 10.1. The molecule has 1 aromatic heterocycles. The lowest BCUT2D eigenvalue weighted by Crippen LogP contribution is -1.88. The fourth-order valence-electron chi connectivity index (χ4n) is 1.86. The first kappa shape index (κ1) is 11.5. The normalized spacial score (nSPS) is 10.4. The van der Waals surface area contributed by atoms with E-state index in [-0.39, 0.29) is 0 Å². The molecule has 3 heteroatoms. The van der Waals surface area contributed by atoms with Gasteiger partial charge in [0.2, 0.25) is 0 Å². The van der Waals surface area contributed by atoms with E-state index in [1.54, 1.807) is 0 Å². The molecule has 1 N–H and O–H groups in total. The van der Waals surface area contributed by atoms with E-state index >= 15 is 0 Å². The first-order valence-corrected chi connectivity index (χ1v) is 6.17. The van der Waals surface area contributed by atoms with Crippen LogP contribution in [0.1, 0.15) is 5.56 Å². The summed E-state index contributed by atoms with van der Waals surface area (Å²) in [5, 5.41) is 7.22. The zero-order chi connectivity index (χ0) is 13.1. The highest BCUT2D eigenvalue weighted by molar-refractivity contribution is 5.64. The fraction of sp³-hybridized carbons (Fsp3) is 0.0625. The summed E-state index contributed by atoms with van der Waals surface area (Å²) in [4.78, 5) is 0. The van der Waals surface area contributed by atoms with Crippen LogP contribution in [0.3, 0.4) is 0 Å². The Balaban J connectivity index is 1.82. The van der Waals surface area contributed by atoms with Gasteiger partial charge >= 0.3 is 0 Å². The standard InChI is InChI=1S/C16H14N2O/c1-12-7-9-13(10-8-12)15-11-16(18-19-15)17-14-5-3-2-4-6-14/h2-11H,1H3,(H,17,18). The minimum absolute atomic E-state index is 0.710. The van der Waals surface area contributed by atoms with E-state index < -0.39 is 0 Å². The number of nitrogens with one attached hydrogen (secondary N) is 1. The number of hydrogen-bond acceptors (Lipinski definition) is 3. The molecule has 0 saturated carbocycles. The second-order valence-electron chi connectivity index (χ2n) is 4.43. The van der Waals surface area contributed by atoms with Gasteiger partial charge in [0.15, 0.2) is 11.6 Å². The van der Waals surface area contributed by atoms with E-state index in [9.17, 15) is 0 Å². The summed E-state index contributed by atoms with van der Waals surface area (Å²) in [6, 6.07) is 20.0. The summed E-state index contributed by atoms with van der Waals surface area (Å²) in [7, 11) is 0. The molecule has 19 heavy (non-hydrogen) atoms.